The third-order valence-electron chi connectivity index (χ3n) is 2.31. The molecular formula is C13H6ClF3N2S. The van der Waals surface area contributed by atoms with Crippen molar-refractivity contribution in [1.82, 2.24) is 4.98 Å². The molecule has 0 N–H and O–H groups in total. The van der Waals surface area contributed by atoms with E-state index in [1.807, 2.05) is 6.07 Å². The Labute approximate surface area is 122 Å². The zero-order chi connectivity index (χ0) is 14.8. The predicted octanol–water partition coefficient (Wildman–Crippen LogP) is 4.78. The minimum atomic E-state index is -4.55. The van der Waals surface area contributed by atoms with Crippen molar-refractivity contribution in [3.63, 3.8) is 0 Å². The lowest BCUT2D eigenvalue weighted by atomic mass is 10.2. The lowest BCUT2D eigenvalue weighted by molar-refractivity contribution is -0.141. The first kappa shape index (κ1) is 14.7. The molecule has 1 heterocycles. The molecule has 1 aromatic carbocycles. The zero-order valence-corrected chi connectivity index (χ0v) is 11.4. The van der Waals surface area contributed by atoms with Crippen molar-refractivity contribution in [3.05, 3.63) is 52.7 Å². The van der Waals surface area contributed by atoms with Crippen molar-refractivity contribution in [2.24, 2.45) is 0 Å². The Balaban J connectivity index is 2.45. The van der Waals surface area contributed by atoms with Gasteiger partial charge < -0.3 is 0 Å². The highest BCUT2D eigenvalue weighted by atomic mass is 35.5. The first-order chi connectivity index (χ1) is 9.41. The molecule has 2 aromatic rings. The van der Waals surface area contributed by atoms with Crippen molar-refractivity contribution in [1.29, 1.82) is 5.26 Å². The van der Waals surface area contributed by atoms with Gasteiger partial charge in [-0.25, -0.2) is 4.98 Å². The molecule has 0 aliphatic rings. The zero-order valence-electron chi connectivity index (χ0n) is 9.78. The van der Waals surface area contributed by atoms with Gasteiger partial charge in [-0.2, -0.15) is 18.4 Å². The molecule has 0 saturated heterocycles. The summed E-state index contributed by atoms with van der Waals surface area (Å²) >= 11 is 6.88. The van der Waals surface area contributed by atoms with Crippen LogP contribution in [0.5, 0.6) is 0 Å². The Morgan fingerprint density at radius 1 is 1.15 bits per heavy atom. The summed E-state index contributed by atoms with van der Waals surface area (Å²) in [6, 6.07) is 10.4. The summed E-state index contributed by atoms with van der Waals surface area (Å²) in [5.41, 5.74) is -0.964. The number of benzene rings is 1. The van der Waals surface area contributed by atoms with Gasteiger partial charge in [0.15, 0.2) is 0 Å². The average molecular weight is 315 g/mol. The van der Waals surface area contributed by atoms with Gasteiger partial charge in [-0.3, -0.25) is 0 Å². The minimum absolute atomic E-state index is 0.0181. The second-order valence-electron chi connectivity index (χ2n) is 3.69. The SMILES string of the molecule is N#Cc1ccc(C(F)(F)F)nc1Sc1ccccc1Cl. The monoisotopic (exact) mass is 314 g/mol. The summed E-state index contributed by atoms with van der Waals surface area (Å²) in [6.45, 7) is 0. The largest absolute Gasteiger partial charge is 0.433 e. The van der Waals surface area contributed by atoms with E-state index in [1.165, 1.54) is 0 Å². The van der Waals surface area contributed by atoms with Crippen molar-refractivity contribution in [2.45, 2.75) is 16.1 Å². The van der Waals surface area contributed by atoms with Crippen molar-refractivity contribution in [2.75, 3.05) is 0 Å². The summed E-state index contributed by atoms with van der Waals surface area (Å²) in [6.07, 6.45) is -4.55. The van der Waals surface area contributed by atoms with Crippen LogP contribution in [0.2, 0.25) is 5.02 Å². The molecule has 1 aromatic heterocycles. The maximum absolute atomic E-state index is 12.6. The molecule has 0 radical (unpaired) electrons. The fourth-order valence-corrected chi connectivity index (χ4v) is 2.53. The number of hydrogen-bond donors (Lipinski definition) is 0. The Hall–Kier alpha value is -1.71. The number of aromatic nitrogens is 1. The van der Waals surface area contributed by atoms with Gasteiger partial charge in [0.2, 0.25) is 0 Å². The van der Waals surface area contributed by atoms with E-state index in [-0.39, 0.29) is 10.6 Å². The minimum Gasteiger partial charge on any atom is -0.235 e. The highest BCUT2D eigenvalue weighted by molar-refractivity contribution is 7.99. The second kappa shape index (κ2) is 5.73. The highest BCUT2D eigenvalue weighted by Gasteiger charge is 2.33. The van der Waals surface area contributed by atoms with Crippen molar-refractivity contribution < 1.29 is 13.2 Å². The quantitative estimate of drug-likeness (QED) is 0.800. The van der Waals surface area contributed by atoms with Crippen molar-refractivity contribution in [3.8, 4) is 6.07 Å². The smallest absolute Gasteiger partial charge is 0.235 e. The number of nitriles is 1. The van der Waals surface area contributed by atoms with Crippen LogP contribution in [-0.4, -0.2) is 4.98 Å². The van der Waals surface area contributed by atoms with Crippen LogP contribution in [0, 0.1) is 11.3 Å². The number of pyridine rings is 1. The molecule has 7 heteroatoms. The number of nitrogens with zero attached hydrogens (tertiary/aromatic N) is 2. The molecule has 2 rings (SSSR count). The van der Waals surface area contributed by atoms with Gasteiger partial charge in [-0.05, 0) is 24.3 Å². The fraction of sp³-hybridized carbons (Fsp3) is 0.0769. The molecule has 2 nitrogen and oxygen atoms in total. The van der Waals surface area contributed by atoms with E-state index in [9.17, 15) is 13.2 Å². The number of halogens is 4. The molecule has 0 aliphatic carbocycles. The van der Waals surface area contributed by atoms with Crippen LogP contribution in [0.4, 0.5) is 13.2 Å². The van der Waals surface area contributed by atoms with Crippen LogP contribution in [0.25, 0.3) is 0 Å². The average Bonchev–Trinajstić information content (AvgIpc) is 2.40. The second-order valence-corrected chi connectivity index (χ2v) is 5.13. The number of hydrogen-bond acceptors (Lipinski definition) is 3. The van der Waals surface area contributed by atoms with Gasteiger partial charge in [0.25, 0.3) is 0 Å². The molecule has 0 unspecified atom stereocenters. The molecule has 0 amide bonds. The van der Waals surface area contributed by atoms with E-state index in [1.54, 1.807) is 24.3 Å². The molecule has 0 fully saturated rings. The molecule has 20 heavy (non-hydrogen) atoms. The van der Waals surface area contributed by atoms with Gasteiger partial charge in [-0.15, -0.1) is 0 Å². The number of rotatable bonds is 2. The van der Waals surface area contributed by atoms with Crippen molar-refractivity contribution >= 4 is 23.4 Å². The summed E-state index contributed by atoms with van der Waals surface area (Å²) in [5.74, 6) is 0. The summed E-state index contributed by atoms with van der Waals surface area (Å²) < 4.78 is 37.9. The van der Waals surface area contributed by atoms with E-state index < -0.39 is 11.9 Å². The van der Waals surface area contributed by atoms with Gasteiger partial charge >= 0.3 is 6.18 Å². The maximum atomic E-state index is 12.6. The molecule has 102 valence electrons. The van der Waals surface area contributed by atoms with E-state index in [0.29, 0.717) is 9.92 Å². The molecule has 0 aliphatic heterocycles. The predicted molar refractivity (Wildman–Crippen MR) is 69.5 cm³/mol. The molecule has 0 bridgehead atoms. The first-order valence-electron chi connectivity index (χ1n) is 5.32. The molecule has 0 saturated carbocycles. The fourth-order valence-electron chi connectivity index (χ4n) is 1.39. The first-order valence-corrected chi connectivity index (χ1v) is 6.52. The van der Waals surface area contributed by atoms with Crippen LogP contribution < -0.4 is 0 Å². The van der Waals surface area contributed by atoms with E-state index in [4.69, 9.17) is 16.9 Å². The summed E-state index contributed by atoms with van der Waals surface area (Å²) in [5, 5.41) is 9.31. The van der Waals surface area contributed by atoms with E-state index >= 15 is 0 Å². The van der Waals surface area contributed by atoms with Crippen LogP contribution in [-0.2, 0) is 6.18 Å². The third-order valence-corrected chi connectivity index (χ3v) is 3.84. The van der Waals surface area contributed by atoms with Gasteiger partial charge in [0, 0.05) is 4.90 Å². The molecule has 0 spiro atoms. The van der Waals surface area contributed by atoms with Crippen LogP contribution in [0.15, 0.2) is 46.3 Å². The maximum Gasteiger partial charge on any atom is 0.433 e. The Morgan fingerprint density at radius 3 is 2.45 bits per heavy atom. The molecule has 0 atom stereocenters. The summed E-state index contributed by atoms with van der Waals surface area (Å²) in [4.78, 5) is 4.05. The lowest BCUT2D eigenvalue weighted by Gasteiger charge is -2.09. The number of alkyl halides is 3. The van der Waals surface area contributed by atoms with Crippen LogP contribution in [0.3, 0.4) is 0 Å². The molecular weight excluding hydrogens is 309 g/mol. The van der Waals surface area contributed by atoms with Gasteiger partial charge in [-0.1, -0.05) is 35.5 Å². The standard InChI is InChI=1S/C13H6ClF3N2S/c14-9-3-1-2-4-10(9)20-12-8(7-18)5-6-11(19-12)13(15,16)17/h1-6H. The third kappa shape index (κ3) is 3.24. The van der Waals surface area contributed by atoms with E-state index in [0.717, 1.165) is 23.9 Å². The normalized spacial score (nSPS) is 11.2. The topological polar surface area (TPSA) is 36.7 Å². The van der Waals surface area contributed by atoms with Crippen LogP contribution in [0.1, 0.15) is 11.3 Å². The van der Waals surface area contributed by atoms with Gasteiger partial charge in [0.05, 0.1) is 10.6 Å². The van der Waals surface area contributed by atoms with Gasteiger partial charge in [0.1, 0.15) is 16.8 Å². The Kier molecular flexibility index (Phi) is 4.21. The summed E-state index contributed by atoms with van der Waals surface area (Å²) in [7, 11) is 0. The van der Waals surface area contributed by atoms with E-state index in [2.05, 4.69) is 4.98 Å². The van der Waals surface area contributed by atoms with Crippen LogP contribution >= 0.6 is 23.4 Å². The highest BCUT2D eigenvalue weighted by Crippen LogP contribution is 2.36. The Bertz CT molecular complexity index is 680. The Morgan fingerprint density at radius 2 is 1.85 bits per heavy atom. The lowest BCUT2D eigenvalue weighted by Crippen LogP contribution is -2.08.